The number of benzene rings is 3. The van der Waals surface area contributed by atoms with E-state index in [1.54, 1.807) is 7.11 Å². The van der Waals surface area contributed by atoms with E-state index < -0.39 is 0 Å². The van der Waals surface area contributed by atoms with Crippen LogP contribution in [-0.2, 0) is 6.54 Å². The van der Waals surface area contributed by atoms with Gasteiger partial charge in [0.05, 0.1) is 25.3 Å². The van der Waals surface area contributed by atoms with Crippen molar-refractivity contribution in [3.63, 3.8) is 0 Å². The van der Waals surface area contributed by atoms with Crippen LogP contribution in [0.2, 0.25) is 0 Å². The number of hydrogen-bond acceptors (Lipinski definition) is 3. The SMILES string of the molecule is COc1cccc(NC(N)=NCc2ccc(-c3ccccc3C#N)cc2)c1.I. The molecule has 0 fully saturated rings. The van der Waals surface area contributed by atoms with Gasteiger partial charge < -0.3 is 15.8 Å². The predicted octanol–water partition coefficient (Wildman–Crippen LogP) is 4.78. The molecule has 0 aliphatic heterocycles. The number of nitrogens with one attached hydrogen (secondary N) is 1. The van der Waals surface area contributed by atoms with Gasteiger partial charge >= 0.3 is 0 Å². The predicted molar refractivity (Wildman–Crippen MR) is 124 cm³/mol. The van der Waals surface area contributed by atoms with Crippen molar-refractivity contribution in [2.24, 2.45) is 10.7 Å². The zero-order chi connectivity index (χ0) is 19.1. The van der Waals surface area contributed by atoms with E-state index in [1.165, 1.54) is 0 Å². The molecule has 0 radical (unpaired) electrons. The van der Waals surface area contributed by atoms with Gasteiger partial charge in [-0.3, -0.25) is 0 Å². The van der Waals surface area contributed by atoms with Crippen LogP contribution in [0.4, 0.5) is 5.69 Å². The largest absolute Gasteiger partial charge is 0.497 e. The second kappa shape index (κ2) is 10.3. The van der Waals surface area contributed by atoms with Crippen LogP contribution in [-0.4, -0.2) is 13.1 Å². The molecule has 6 heteroatoms. The third-order valence-corrected chi connectivity index (χ3v) is 4.09. The highest BCUT2D eigenvalue weighted by Crippen LogP contribution is 2.23. The van der Waals surface area contributed by atoms with E-state index in [-0.39, 0.29) is 24.0 Å². The van der Waals surface area contributed by atoms with Gasteiger partial charge in [0.1, 0.15) is 5.75 Å². The maximum absolute atomic E-state index is 9.24. The number of nitrogens with two attached hydrogens (primary N) is 1. The number of nitrogens with zero attached hydrogens (tertiary/aromatic N) is 2. The van der Waals surface area contributed by atoms with Gasteiger partial charge in [-0.1, -0.05) is 48.5 Å². The van der Waals surface area contributed by atoms with Gasteiger partial charge in [-0.05, 0) is 34.9 Å². The van der Waals surface area contributed by atoms with Gasteiger partial charge in [0.2, 0.25) is 0 Å². The van der Waals surface area contributed by atoms with Gasteiger partial charge in [-0.25, -0.2) is 4.99 Å². The molecule has 0 heterocycles. The van der Waals surface area contributed by atoms with Crippen LogP contribution in [0.25, 0.3) is 11.1 Å². The Morgan fingerprint density at radius 3 is 2.54 bits per heavy atom. The lowest BCUT2D eigenvalue weighted by Gasteiger charge is -2.08. The second-order valence-electron chi connectivity index (χ2n) is 5.91. The number of anilines is 1. The van der Waals surface area contributed by atoms with Crippen molar-refractivity contribution < 1.29 is 4.74 Å². The number of aliphatic imine (C=N–C) groups is 1. The first kappa shape index (κ1) is 21.3. The fourth-order valence-corrected chi connectivity index (χ4v) is 2.69. The molecule has 0 aliphatic rings. The van der Waals surface area contributed by atoms with Crippen molar-refractivity contribution in [1.82, 2.24) is 0 Å². The zero-order valence-electron chi connectivity index (χ0n) is 15.4. The Morgan fingerprint density at radius 2 is 1.82 bits per heavy atom. The first-order chi connectivity index (χ1) is 13.2. The van der Waals surface area contributed by atoms with E-state index in [0.717, 1.165) is 28.1 Å². The third-order valence-electron chi connectivity index (χ3n) is 4.09. The normalized spacial score (nSPS) is 10.5. The Morgan fingerprint density at radius 1 is 1.07 bits per heavy atom. The highest BCUT2D eigenvalue weighted by atomic mass is 127. The summed E-state index contributed by atoms with van der Waals surface area (Å²) in [6.07, 6.45) is 0. The van der Waals surface area contributed by atoms with E-state index in [1.807, 2.05) is 72.8 Å². The summed E-state index contributed by atoms with van der Waals surface area (Å²) in [5, 5.41) is 12.3. The number of methoxy groups -OCH3 is 1. The molecule has 28 heavy (non-hydrogen) atoms. The summed E-state index contributed by atoms with van der Waals surface area (Å²) in [6, 6.07) is 25.2. The van der Waals surface area contributed by atoms with Crippen LogP contribution in [0, 0.1) is 11.3 Å². The Labute approximate surface area is 181 Å². The first-order valence-corrected chi connectivity index (χ1v) is 8.49. The number of hydrogen-bond donors (Lipinski definition) is 2. The van der Waals surface area contributed by atoms with Crippen LogP contribution in [0.3, 0.4) is 0 Å². The molecule has 0 unspecified atom stereocenters. The Bertz CT molecular complexity index is 994. The molecule has 3 aromatic rings. The van der Waals surface area contributed by atoms with Gasteiger partial charge in [0.15, 0.2) is 5.96 Å². The van der Waals surface area contributed by atoms with Crippen LogP contribution in [0.5, 0.6) is 5.75 Å². The van der Waals surface area contributed by atoms with Gasteiger partial charge in [-0.2, -0.15) is 5.26 Å². The van der Waals surface area contributed by atoms with E-state index in [0.29, 0.717) is 18.1 Å². The summed E-state index contributed by atoms with van der Waals surface area (Å²) in [7, 11) is 1.62. The van der Waals surface area contributed by atoms with Gasteiger partial charge in [0, 0.05) is 11.8 Å². The summed E-state index contributed by atoms with van der Waals surface area (Å²) in [6.45, 7) is 0.461. The molecule has 5 nitrogen and oxygen atoms in total. The lowest BCUT2D eigenvalue weighted by atomic mass is 9.99. The quantitative estimate of drug-likeness (QED) is 0.310. The molecule has 0 spiro atoms. The Balaban J connectivity index is 0.00000280. The molecular weight excluding hydrogens is 463 g/mol. The van der Waals surface area contributed by atoms with Crippen LogP contribution < -0.4 is 15.8 Å². The van der Waals surface area contributed by atoms with Crippen LogP contribution in [0.15, 0.2) is 77.8 Å². The average Bonchev–Trinajstić information content (AvgIpc) is 2.72. The summed E-state index contributed by atoms with van der Waals surface area (Å²) in [5.74, 6) is 1.09. The minimum Gasteiger partial charge on any atom is -0.497 e. The molecule has 0 saturated heterocycles. The van der Waals surface area contributed by atoms with E-state index in [9.17, 15) is 5.26 Å². The van der Waals surface area contributed by atoms with E-state index in [4.69, 9.17) is 10.5 Å². The number of guanidine groups is 1. The smallest absolute Gasteiger partial charge is 0.193 e. The van der Waals surface area contributed by atoms with Gasteiger partial charge in [-0.15, -0.1) is 24.0 Å². The van der Waals surface area contributed by atoms with Crippen molar-refractivity contribution in [1.29, 1.82) is 5.26 Å². The highest BCUT2D eigenvalue weighted by molar-refractivity contribution is 14.0. The maximum Gasteiger partial charge on any atom is 0.193 e. The lowest BCUT2D eigenvalue weighted by Crippen LogP contribution is -2.22. The molecule has 3 N–H and O–H groups in total. The first-order valence-electron chi connectivity index (χ1n) is 8.49. The molecule has 0 amide bonds. The molecule has 3 rings (SSSR count). The van der Waals surface area contributed by atoms with Crippen molar-refractivity contribution in [3.8, 4) is 22.9 Å². The molecule has 0 aromatic heterocycles. The molecule has 142 valence electrons. The Hall–Kier alpha value is -3.05. The summed E-state index contributed by atoms with van der Waals surface area (Å²) < 4.78 is 5.19. The summed E-state index contributed by atoms with van der Waals surface area (Å²) in [5.41, 5.74) is 10.4. The topological polar surface area (TPSA) is 83.4 Å². The zero-order valence-corrected chi connectivity index (χ0v) is 17.8. The highest BCUT2D eigenvalue weighted by Gasteiger charge is 2.04. The average molecular weight is 484 g/mol. The number of ether oxygens (including phenoxy) is 1. The molecule has 3 aromatic carbocycles. The number of rotatable bonds is 5. The van der Waals surface area contributed by atoms with Crippen LogP contribution in [0.1, 0.15) is 11.1 Å². The van der Waals surface area contributed by atoms with Crippen molar-refractivity contribution >= 4 is 35.6 Å². The van der Waals surface area contributed by atoms with E-state index >= 15 is 0 Å². The lowest BCUT2D eigenvalue weighted by molar-refractivity contribution is 0.415. The molecule has 0 bridgehead atoms. The number of halogens is 1. The van der Waals surface area contributed by atoms with Crippen molar-refractivity contribution in [3.05, 3.63) is 83.9 Å². The molecule has 0 aliphatic carbocycles. The monoisotopic (exact) mass is 484 g/mol. The van der Waals surface area contributed by atoms with Gasteiger partial charge in [0.25, 0.3) is 0 Å². The minimum atomic E-state index is 0. The summed E-state index contributed by atoms with van der Waals surface area (Å²) in [4.78, 5) is 4.37. The van der Waals surface area contributed by atoms with E-state index in [2.05, 4.69) is 16.4 Å². The minimum absolute atomic E-state index is 0. The Kier molecular flexibility index (Phi) is 7.84. The summed E-state index contributed by atoms with van der Waals surface area (Å²) >= 11 is 0. The fraction of sp³-hybridized carbons (Fsp3) is 0.0909. The fourth-order valence-electron chi connectivity index (χ4n) is 2.69. The molecular formula is C22H21IN4O. The number of nitriles is 1. The van der Waals surface area contributed by atoms with Crippen molar-refractivity contribution in [2.45, 2.75) is 6.54 Å². The third kappa shape index (κ3) is 5.47. The van der Waals surface area contributed by atoms with Crippen LogP contribution >= 0.6 is 24.0 Å². The molecule has 0 atom stereocenters. The maximum atomic E-state index is 9.24. The van der Waals surface area contributed by atoms with Crippen molar-refractivity contribution in [2.75, 3.05) is 12.4 Å². The molecule has 0 saturated carbocycles. The second-order valence-corrected chi connectivity index (χ2v) is 5.91. The standard InChI is InChI=1S/C22H20N4O.HI/c1-27-20-7-4-6-19(13-20)26-22(24)25-15-16-9-11-17(12-10-16)21-8-3-2-5-18(21)14-23;/h2-13H,15H2,1H3,(H3,24,25,26);1H.